The molecule has 0 radical (unpaired) electrons. The zero-order valence-corrected chi connectivity index (χ0v) is 34.1. The maximum absolute atomic E-state index is 12.4. The average molecular weight is 721 g/mol. The van der Waals surface area contributed by atoms with Crippen LogP contribution in [0.25, 0.3) is 0 Å². The van der Waals surface area contributed by atoms with Gasteiger partial charge >= 0.3 is 13.8 Å². The average Bonchev–Trinajstić information content (AvgIpc) is 3.05. The molecule has 1 N–H and O–H groups in total. The Kier molecular flexibility index (Phi) is 34.2. The van der Waals surface area contributed by atoms with Gasteiger partial charge in [0, 0.05) is 13.0 Å². The van der Waals surface area contributed by atoms with Crippen LogP contribution in [-0.2, 0) is 27.9 Å². The minimum atomic E-state index is -4.23. The Morgan fingerprint density at radius 3 is 1.35 bits per heavy atom. The SMILES string of the molecule is CCCCCCCCCCCCCCCCCCO[C@H](COC(=O)CCCCCCCCCCCCC)COP(=O)(O)OCC[N+](C)(C)C. The van der Waals surface area contributed by atoms with E-state index in [2.05, 4.69) is 13.8 Å². The van der Waals surface area contributed by atoms with E-state index in [-0.39, 0.29) is 25.8 Å². The van der Waals surface area contributed by atoms with Gasteiger partial charge in [-0.1, -0.05) is 174 Å². The third kappa shape index (κ3) is 38.6. The van der Waals surface area contributed by atoms with E-state index >= 15 is 0 Å². The second-order valence-corrected chi connectivity index (χ2v) is 16.8. The van der Waals surface area contributed by atoms with Crippen molar-refractivity contribution in [3.05, 3.63) is 0 Å². The highest BCUT2D eigenvalue weighted by Gasteiger charge is 2.25. The quantitative estimate of drug-likeness (QED) is 0.0292. The number of likely N-dealkylation sites (N-methyl/N-ethyl adjacent to an activating group) is 1. The predicted octanol–water partition coefficient (Wildman–Crippen LogP) is 11.7. The number of phosphoric acid groups is 1. The third-order valence-corrected chi connectivity index (χ3v) is 10.2. The Morgan fingerprint density at radius 1 is 0.551 bits per heavy atom. The molecule has 8 nitrogen and oxygen atoms in total. The van der Waals surface area contributed by atoms with E-state index in [0.717, 1.165) is 32.1 Å². The maximum Gasteiger partial charge on any atom is 0.472 e. The van der Waals surface area contributed by atoms with Gasteiger partial charge < -0.3 is 18.9 Å². The predicted molar refractivity (Wildman–Crippen MR) is 206 cm³/mol. The lowest BCUT2D eigenvalue weighted by molar-refractivity contribution is -0.870. The normalized spacial score (nSPS) is 13.8. The van der Waals surface area contributed by atoms with Crippen molar-refractivity contribution in [2.24, 2.45) is 0 Å². The number of unbranched alkanes of at least 4 members (excludes halogenated alkanes) is 25. The first-order valence-electron chi connectivity index (χ1n) is 20.8. The molecule has 0 saturated carbocycles. The second kappa shape index (κ2) is 34.6. The number of quaternary nitrogens is 1. The maximum atomic E-state index is 12.4. The van der Waals surface area contributed by atoms with Crippen LogP contribution >= 0.6 is 7.82 Å². The van der Waals surface area contributed by atoms with E-state index in [0.29, 0.717) is 24.1 Å². The summed E-state index contributed by atoms with van der Waals surface area (Å²) >= 11 is 0. The first-order valence-corrected chi connectivity index (χ1v) is 22.3. The minimum Gasteiger partial charge on any atom is -0.463 e. The van der Waals surface area contributed by atoms with Gasteiger partial charge in [0.1, 0.15) is 25.9 Å². The molecule has 0 spiro atoms. The molecule has 0 bridgehead atoms. The molecule has 0 aromatic rings. The number of ether oxygens (including phenoxy) is 2. The van der Waals surface area contributed by atoms with Crippen molar-refractivity contribution in [1.82, 2.24) is 0 Å². The van der Waals surface area contributed by atoms with Crippen molar-refractivity contribution in [1.29, 1.82) is 0 Å². The van der Waals surface area contributed by atoms with Crippen molar-refractivity contribution in [3.63, 3.8) is 0 Å². The van der Waals surface area contributed by atoms with Crippen molar-refractivity contribution in [2.45, 2.75) is 200 Å². The van der Waals surface area contributed by atoms with Crippen molar-refractivity contribution >= 4 is 13.8 Å². The summed E-state index contributed by atoms with van der Waals surface area (Å²) in [5.74, 6) is -0.252. The van der Waals surface area contributed by atoms with Gasteiger partial charge in [0.2, 0.25) is 0 Å². The molecule has 0 fully saturated rings. The molecule has 2 atom stereocenters. The molecule has 0 heterocycles. The summed E-state index contributed by atoms with van der Waals surface area (Å²) in [4.78, 5) is 22.6. The van der Waals surface area contributed by atoms with Crippen LogP contribution in [0.15, 0.2) is 0 Å². The molecule has 49 heavy (non-hydrogen) atoms. The van der Waals surface area contributed by atoms with Gasteiger partial charge in [-0.2, -0.15) is 0 Å². The number of nitrogens with zero attached hydrogens (tertiary/aromatic N) is 1. The number of carbonyl (C=O) groups is 1. The van der Waals surface area contributed by atoms with E-state index in [1.807, 2.05) is 21.1 Å². The van der Waals surface area contributed by atoms with E-state index in [1.165, 1.54) is 141 Å². The standard InChI is InChI=1S/C40H82NO7P/c1-6-8-10-12-14-16-18-19-20-21-22-24-26-28-30-32-35-45-39(38-48-49(43,44)47-36-34-41(3,4)5)37-46-40(42)33-31-29-27-25-23-17-15-13-11-9-7-2/h39H,6-38H2,1-5H3/p+1/t39-/m1/s1. The summed E-state index contributed by atoms with van der Waals surface area (Å²) in [5.41, 5.74) is 0. The number of phosphoric ester groups is 1. The zero-order chi connectivity index (χ0) is 36.3. The van der Waals surface area contributed by atoms with Gasteiger partial charge in [-0.25, -0.2) is 4.57 Å². The Labute approximate surface area is 304 Å². The van der Waals surface area contributed by atoms with Crippen molar-refractivity contribution < 1.29 is 37.3 Å². The molecule has 0 rings (SSSR count). The highest BCUT2D eigenvalue weighted by atomic mass is 31.2. The molecule has 0 saturated heterocycles. The van der Waals surface area contributed by atoms with Crippen LogP contribution in [0.3, 0.4) is 0 Å². The largest absolute Gasteiger partial charge is 0.472 e. The summed E-state index contributed by atoms with van der Waals surface area (Å²) in [5, 5.41) is 0. The highest BCUT2D eigenvalue weighted by molar-refractivity contribution is 7.47. The molecular formula is C40H83NO7P+. The fraction of sp³-hybridized carbons (Fsp3) is 0.975. The summed E-state index contributed by atoms with van der Waals surface area (Å²) in [6.07, 6.45) is 34.2. The Bertz CT molecular complexity index is 761. The van der Waals surface area contributed by atoms with Gasteiger partial charge in [-0.05, 0) is 12.8 Å². The Balaban J connectivity index is 4.20. The van der Waals surface area contributed by atoms with Gasteiger partial charge in [0.15, 0.2) is 0 Å². The summed E-state index contributed by atoms with van der Waals surface area (Å²) in [6, 6.07) is 0. The van der Waals surface area contributed by atoms with E-state index < -0.39 is 13.9 Å². The van der Waals surface area contributed by atoms with Gasteiger partial charge in [0.05, 0.1) is 27.7 Å². The van der Waals surface area contributed by atoms with Gasteiger partial charge in [0.25, 0.3) is 0 Å². The van der Waals surface area contributed by atoms with Crippen LogP contribution in [0.1, 0.15) is 194 Å². The number of hydrogen-bond donors (Lipinski definition) is 1. The number of carbonyl (C=O) groups excluding carboxylic acids is 1. The Morgan fingerprint density at radius 2 is 0.939 bits per heavy atom. The van der Waals surface area contributed by atoms with Crippen LogP contribution in [-0.4, -0.2) is 75.6 Å². The fourth-order valence-electron chi connectivity index (χ4n) is 5.88. The van der Waals surface area contributed by atoms with E-state index in [4.69, 9.17) is 18.5 Å². The topological polar surface area (TPSA) is 91.3 Å². The first-order chi connectivity index (χ1) is 23.6. The van der Waals surface area contributed by atoms with Crippen LogP contribution in [0.2, 0.25) is 0 Å². The Hall–Kier alpha value is -0.500. The number of hydrogen-bond acceptors (Lipinski definition) is 6. The molecule has 0 aromatic carbocycles. The van der Waals surface area contributed by atoms with Gasteiger partial charge in [-0.15, -0.1) is 0 Å². The molecule has 0 aliphatic rings. The molecule has 0 aromatic heterocycles. The van der Waals surface area contributed by atoms with Crippen LogP contribution in [0, 0.1) is 0 Å². The molecule has 0 aliphatic carbocycles. The number of esters is 1. The molecule has 9 heteroatoms. The lowest BCUT2D eigenvalue weighted by Crippen LogP contribution is -2.37. The van der Waals surface area contributed by atoms with E-state index in [1.54, 1.807) is 0 Å². The van der Waals surface area contributed by atoms with Gasteiger partial charge in [-0.3, -0.25) is 13.8 Å². The lowest BCUT2D eigenvalue weighted by atomic mass is 10.0. The molecule has 0 aliphatic heterocycles. The van der Waals surface area contributed by atoms with Crippen LogP contribution < -0.4 is 0 Å². The molecular weight excluding hydrogens is 637 g/mol. The lowest BCUT2D eigenvalue weighted by Gasteiger charge is -2.24. The first kappa shape index (κ1) is 48.5. The minimum absolute atomic E-state index is 0.00853. The molecule has 0 amide bonds. The smallest absolute Gasteiger partial charge is 0.463 e. The van der Waals surface area contributed by atoms with Crippen molar-refractivity contribution in [2.75, 3.05) is 54.1 Å². The fourth-order valence-corrected chi connectivity index (χ4v) is 6.62. The van der Waals surface area contributed by atoms with Crippen LogP contribution in [0.4, 0.5) is 0 Å². The summed E-state index contributed by atoms with van der Waals surface area (Å²) in [6.45, 7) is 5.55. The third-order valence-electron chi connectivity index (χ3n) is 9.21. The summed E-state index contributed by atoms with van der Waals surface area (Å²) < 4.78 is 35.0. The van der Waals surface area contributed by atoms with E-state index in [9.17, 15) is 14.3 Å². The monoisotopic (exact) mass is 721 g/mol. The molecule has 1 unspecified atom stereocenters. The van der Waals surface area contributed by atoms with Crippen LogP contribution in [0.5, 0.6) is 0 Å². The number of rotatable bonds is 39. The van der Waals surface area contributed by atoms with Crippen molar-refractivity contribution in [3.8, 4) is 0 Å². The highest BCUT2D eigenvalue weighted by Crippen LogP contribution is 2.43. The molecule has 294 valence electrons. The second-order valence-electron chi connectivity index (χ2n) is 15.4. The zero-order valence-electron chi connectivity index (χ0n) is 33.2. The summed E-state index contributed by atoms with van der Waals surface area (Å²) in [7, 11) is 1.73.